The van der Waals surface area contributed by atoms with E-state index < -0.39 is 17.9 Å². The maximum Gasteiger partial charge on any atom is 0.310 e. The smallest absolute Gasteiger partial charge is 0.310 e. The molecule has 0 heterocycles. The zero-order chi connectivity index (χ0) is 11.8. The first-order valence-electron chi connectivity index (χ1n) is 4.71. The molecule has 4 nitrogen and oxygen atoms in total. The van der Waals surface area contributed by atoms with Crippen LogP contribution in [0.2, 0.25) is 0 Å². The SMILES string of the molecule is C#CC(CC)C(CC(=O)OC)C(=O)OC. The summed E-state index contributed by atoms with van der Waals surface area (Å²) in [6, 6.07) is 0. The molecule has 2 unspecified atom stereocenters. The number of ether oxygens (including phenoxy) is 2. The summed E-state index contributed by atoms with van der Waals surface area (Å²) in [4.78, 5) is 22.5. The van der Waals surface area contributed by atoms with Crippen LogP contribution < -0.4 is 0 Å². The van der Waals surface area contributed by atoms with Crippen molar-refractivity contribution in [2.75, 3.05) is 14.2 Å². The van der Waals surface area contributed by atoms with Crippen molar-refractivity contribution in [3.63, 3.8) is 0 Å². The van der Waals surface area contributed by atoms with Crippen molar-refractivity contribution < 1.29 is 19.1 Å². The zero-order valence-corrected chi connectivity index (χ0v) is 9.28. The highest BCUT2D eigenvalue weighted by atomic mass is 16.5. The van der Waals surface area contributed by atoms with E-state index in [0.29, 0.717) is 6.42 Å². The second-order valence-electron chi connectivity index (χ2n) is 3.09. The van der Waals surface area contributed by atoms with E-state index in [1.165, 1.54) is 14.2 Å². The van der Waals surface area contributed by atoms with Crippen LogP contribution in [0.25, 0.3) is 0 Å². The van der Waals surface area contributed by atoms with Gasteiger partial charge in [-0.1, -0.05) is 6.92 Å². The van der Waals surface area contributed by atoms with Crippen molar-refractivity contribution >= 4 is 11.9 Å². The number of hydrogen-bond acceptors (Lipinski definition) is 4. The standard InChI is InChI=1S/C11H16O4/c1-5-8(6-2)9(11(13)15-4)7-10(12)14-3/h1,8-9H,6-7H2,2-4H3. The van der Waals surface area contributed by atoms with Crippen molar-refractivity contribution in [3.8, 4) is 12.3 Å². The molecule has 0 radical (unpaired) electrons. The summed E-state index contributed by atoms with van der Waals surface area (Å²) in [6.07, 6.45) is 5.87. The highest BCUT2D eigenvalue weighted by Gasteiger charge is 2.29. The Labute approximate surface area is 89.9 Å². The maximum absolute atomic E-state index is 11.4. The molecule has 15 heavy (non-hydrogen) atoms. The van der Waals surface area contributed by atoms with E-state index >= 15 is 0 Å². The molecule has 84 valence electrons. The zero-order valence-electron chi connectivity index (χ0n) is 9.28. The third kappa shape index (κ3) is 4.03. The third-order valence-electron chi connectivity index (χ3n) is 2.26. The first-order chi connectivity index (χ1) is 7.10. The second-order valence-corrected chi connectivity index (χ2v) is 3.09. The van der Waals surface area contributed by atoms with Crippen molar-refractivity contribution in [1.29, 1.82) is 0 Å². The highest BCUT2D eigenvalue weighted by Crippen LogP contribution is 2.20. The molecule has 0 saturated carbocycles. The minimum atomic E-state index is -0.613. The number of carbonyl (C=O) groups is 2. The van der Waals surface area contributed by atoms with E-state index in [9.17, 15) is 9.59 Å². The predicted octanol–water partition coefficient (Wildman–Crippen LogP) is 0.998. The molecule has 0 saturated heterocycles. The Hall–Kier alpha value is -1.50. The molecule has 0 aliphatic rings. The van der Waals surface area contributed by atoms with Crippen LogP contribution in [0.1, 0.15) is 19.8 Å². The summed E-state index contributed by atoms with van der Waals surface area (Å²) < 4.78 is 9.10. The summed E-state index contributed by atoms with van der Waals surface area (Å²) >= 11 is 0. The Balaban J connectivity index is 4.65. The van der Waals surface area contributed by atoms with Gasteiger partial charge in [0.25, 0.3) is 0 Å². The van der Waals surface area contributed by atoms with Gasteiger partial charge in [-0.2, -0.15) is 0 Å². The van der Waals surface area contributed by atoms with Crippen LogP contribution in [0, 0.1) is 24.2 Å². The third-order valence-corrected chi connectivity index (χ3v) is 2.26. The van der Waals surface area contributed by atoms with Crippen LogP contribution in [0.4, 0.5) is 0 Å². The molecule has 0 fully saturated rings. The fraction of sp³-hybridized carbons (Fsp3) is 0.636. The van der Waals surface area contributed by atoms with Gasteiger partial charge in [0.1, 0.15) is 0 Å². The molecule has 0 amide bonds. The van der Waals surface area contributed by atoms with E-state index in [-0.39, 0.29) is 12.3 Å². The molecule has 0 aliphatic heterocycles. The molecule has 0 rings (SSSR count). The van der Waals surface area contributed by atoms with Crippen molar-refractivity contribution in [3.05, 3.63) is 0 Å². The summed E-state index contributed by atoms with van der Waals surface area (Å²) in [5.74, 6) is 0.653. The van der Waals surface area contributed by atoms with Crippen LogP contribution in [0.5, 0.6) is 0 Å². The molecule has 2 atom stereocenters. The molecule has 0 aromatic carbocycles. The van der Waals surface area contributed by atoms with Gasteiger partial charge in [0.15, 0.2) is 0 Å². The fourth-order valence-electron chi connectivity index (χ4n) is 1.32. The van der Waals surface area contributed by atoms with Crippen LogP contribution >= 0.6 is 0 Å². The normalized spacial score (nSPS) is 13.5. The molecular formula is C11H16O4. The van der Waals surface area contributed by atoms with Gasteiger partial charge in [-0.15, -0.1) is 12.3 Å². The number of rotatable bonds is 5. The van der Waals surface area contributed by atoms with Crippen molar-refractivity contribution in [2.45, 2.75) is 19.8 Å². The molecule has 0 bridgehead atoms. The van der Waals surface area contributed by atoms with Gasteiger partial charge in [-0.25, -0.2) is 0 Å². The number of hydrogen-bond donors (Lipinski definition) is 0. The minimum Gasteiger partial charge on any atom is -0.469 e. The largest absolute Gasteiger partial charge is 0.469 e. The van der Waals surface area contributed by atoms with Gasteiger partial charge in [0.05, 0.1) is 26.6 Å². The molecular weight excluding hydrogens is 196 g/mol. The van der Waals surface area contributed by atoms with Crippen molar-refractivity contribution in [2.24, 2.45) is 11.8 Å². The van der Waals surface area contributed by atoms with Gasteiger partial charge in [0.2, 0.25) is 0 Å². The number of methoxy groups -OCH3 is 2. The Morgan fingerprint density at radius 2 is 1.93 bits per heavy atom. The quantitative estimate of drug-likeness (QED) is 0.504. The average molecular weight is 212 g/mol. The van der Waals surface area contributed by atoms with E-state index in [4.69, 9.17) is 6.42 Å². The second kappa shape index (κ2) is 6.88. The summed E-state index contributed by atoms with van der Waals surface area (Å²) in [7, 11) is 2.54. The highest BCUT2D eigenvalue weighted by molar-refractivity contribution is 5.80. The van der Waals surface area contributed by atoms with Crippen LogP contribution in [-0.4, -0.2) is 26.2 Å². The summed E-state index contributed by atoms with van der Waals surface area (Å²) in [6.45, 7) is 1.86. The Morgan fingerprint density at radius 3 is 2.27 bits per heavy atom. The van der Waals surface area contributed by atoms with Gasteiger partial charge in [0, 0.05) is 5.92 Å². The molecule has 0 spiro atoms. The summed E-state index contributed by atoms with van der Waals surface area (Å²) in [5, 5.41) is 0. The first-order valence-corrected chi connectivity index (χ1v) is 4.71. The monoisotopic (exact) mass is 212 g/mol. The average Bonchev–Trinajstić information content (AvgIpc) is 2.27. The van der Waals surface area contributed by atoms with E-state index in [2.05, 4.69) is 15.4 Å². The Bertz CT molecular complexity index is 264. The van der Waals surface area contributed by atoms with Gasteiger partial charge >= 0.3 is 11.9 Å². The van der Waals surface area contributed by atoms with E-state index in [1.54, 1.807) is 0 Å². The Morgan fingerprint density at radius 1 is 1.33 bits per heavy atom. The first kappa shape index (κ1) is 13.5. The lowest BCUT2D eigenvalue weighted by Crippen LogP contribution is -2.27. The van der Waals surface area contributed by atoms with Gasteiger partial charge in [-0.05, 0) is 6.42 Å². The fourth-order valence-corrected chi connectivity index (χ4v) is 1.32. The summed E-state index contributed by atoms with van der Waals surface area (Å²) in [5.41, 5.74) is 0. The number of carbonyl (C=O) groups excluding carboxylic acids is 2. The lowest BCUT2D eigenvalue weighted by molar-refractivity contribution is -0.153. The lowest BCUT2D eigenvalue weighted by Gasteiger charge is -2.18. The number of esters is 2. The predicted molar refractivity (Wildman–Crippen MR) is 54.8 cm³/mol. The van der Waals surface area contributed by atoms with Crippen LogP contribution in [0.3, 0.4) is 0 Å². The van der Waals surface area contributed by atoms with E-state index in [1.807, 2.05) is 6.92 Å². The maximum atomic E-state index is 11.4. The molecule has 0 N–H and O–H groups in total. The van der Waals surface area contributed by atoms with Crippen LogP contribution in [-0.2, 0) is 19.1 Å². The molecule has 0 aliphatic carbocycles. The van der Waals surface area contributed by atoms with Gasteiger partial charge in [-0.3, -0.25) is 9.59 Å². The number of terminal acetylenes is 1. The molecule has 4 heteroatoms. The lowest BCUT2D eigenvalue weighted by atomic mass is 9.88. The Kier molecular flexibility index (Phi) is 6.19. The molecule has 0 aromatic heterocycles. The van der Waals surface area contributed by atoms with Crippen LogP contribution in [0.15, 0.2) is 0 Å². The van der Waals surface area contributed by atoms with Crippen molar-refractivity contribution in [1.82, 2.24) is 0 Å². The minimum absolute atomic E-state index is 0.0358. The molecule has 0 aromatic rings. The van der Waals surface area contributed by atoms with Gasteiger partial charge < -0.3 is 9.47 Å². The van der Waals surface area contributed by atoms with E-state index in [0.717, 1.165) is 0 Å². The topological polar surface area (TPSA) is 52.6 Å².